The van der Waals surface area contributed by atoms with Crippen molar-refractivity contribution in [2.24, 2.45) is 11.7 Å². The number of hydroxylamine groups is 1. The summed E-state index contributed by atoms with van der Waals surface area (Å²) in [4.78, 5) is 136. The highest BCUT2D eigenvalue weighted by Crippen LogP contribution is 2.50. The quantitative estimate of drug-likeness (QED) is 0.0314. The van der Waals surface area contributed by atoms with E-state index in [0.717, 1.165) is 66.7 Å². The molecule has 2 fully saturated rings. The van der Waals surface area contributed by atoms with Gasteiger partial charge in [-0.05, 0) is 151 Å². The normalized spacial score (nSPS) is 26.5. The Labute approximate surface area is 704 Å². The number of nitrogens with zero attached hydrogens (tertiary/aromatic N) is 1. The Balaban J connectivity index is 1.01. The number of pyridine rings is 1. The van der Waals surface area contributed by atoms with Gasteiger partial charge in [0.2, 0.25) is 59.3 Å². The van der Waals surface area contributed by atoms with E-state index in [2.05, 4.69) is 52.8 Å². The van der Waals surface area contributed by atoms with Crippen LogP contribution in [-0.4, -0.2) is 202 Å². The Morgan fingerprint density at radius 1 is 0.711 bits per heavy atom. The largest absolute Gasteiger partial charge is 0.508 e. The summed E-state index contributed by atoms with van der Waals surface area (Å²) in [5.41, 5.74) is 4.49. The van der Waals surface area contributed by atoms with E-state index in [1.54, 1.807) is 43.3 Å². The number of aromatic nitrogens is 1. The van der Waals surface area contributed by atoms with Gasteiger partial charge < -0.3 is 128 Å². The number of aliphatic hydroxyl groups is 6. The molecule has 18 atom stereocenters. The van der Waals surface area contributed by atoms with Crippen molar-refractivity contribution in [3.05, 3.63) is 182 Å². The van der Waals surface area contributed by atoms with Gasteiger partial charge in [-0.15, -0.1) is 0 Å². The number of phenolic OH excluding ortho intramolecular Hbond substituents is 3. The monoisotopic (exact) mass is 1730 g/mol. The summed E-state index contributed by atoms with van der Waals surface area (Å²) in [6, 6.07) is 7.66. The van der Waals surface area contributed by atoms with E-state index in [4.69, 9.17) is 69.0 Å². The molecule has 642 valence electrons. The number of nitrogens with two attached hydrogens (primary N) is 1. The summed E-state index contributed by atoms with van der Waals surface area (Å²) in [5.74, 6) is -16.4. The van der Waals surface area contributed by atoms with Gasteiger partial charge >= 0.3 is 0 Å². The fourth-order valence-corrected chi connectivity index (χ4v) is 15.2. The average Bonchev–Trinajstić information content (AvgIpc) is 0.771. The van der Waals surface area contributed by atoms with Crippen molar-refractivity contribution in [3.63, 3.8) is 0 Å². The minimum absolute atomic E-state index is 0.00515. The second-order valence-corrected chi connectivity index (χ2v) is 31.3. The van der Waals surface area contributed by atoms with Crippen molar-refractivity contribution in [2.45, 2.75) is 163 Å². The lowest BCUT2D eigenvalue weighted by atomic mass is 9.84. The molecule has 6 aromatic carbocycles. The van der Waals surface area contributed by atoms with Crippen molar-refractivity contribution < 1.29 is 123 Å². The molecule has 0 radical (unpaired) electrons. The smallest absolute Gasteiger partial charge is 0.270 e. The number of aromatic hydroxyl groups is 3. The van der Waals surface area contributed by atoms with E-state index < -0.39 is 243 Å². The Hall–Kier alpha value is -11.4. The van der Waals surface area contributed by atoms with Crippen LogP contribution in [0.5, 0.6) is 46.0 Å². The van der Waals surface area contributed by atoms with E-state index in [-0.39, 0.29) is 52.8 Å². The van der Waals surface area contributed by atoms with Gasteiger partial charge in [-0.2, -0.15) is 0 Å². The van der Waals surface area contributed by atoms with Crippen LogP contribution in [0.25, 0.3) is 17.2 Å². The number of aliphatic hydroxyl groups excluding tert-OH is 6. The van der Waals surface area contributed by atoms with Crippen LogP contribution >= 0.6 is 34.8 Å². The predicted molar refractivity (Wildman–Crippen MR) is 428 cm³/mol. The Bertz CT molecular complexity index is 5170. The molecular formula is C81H87Cl3N12O25. The van der Waals surface area contributed by atoms with Crippen LogP contribution in [0.4, 0.5) is 5.69 Å². The number of likely N-dealkylation sites (N-methyl/N-ethyl adjacent to an activating group) is 1. The van der Waals surface area contributed by atoms with E-state index in [1.165, 1.54) is 50.1 Å². The Morgan fingerprint density at radius 3 is 1.99 bits per heavy atom. The first-order valence-electron chi connectivity index (χ1n) is 37.8. The van der Waals surface area contributed by atoms with Crippen LogP contribution in [0.15, 0.2) is 128 Å². The maximum atomic E-state index is 16.3. The highest BCUT2D eigenvalue weighted by atomic mass is 35.5. The van der Waals surface area contributed by atoms with Gasteiger partial charge in [0.1, 0.15) is 95.5 Å². The maximum absolute atomic E-state index is 16.3. The molecule has 9 amide bonds. The highest BCUT2D eigenvalue weighted by Gasteiger charge is 2.52. The first kappa shape index (κ1) is 88.9. The summed E-state index contributed by atoms with van der Waals surface area (Å²) in [5, 5.41) is 140. The third-order valence-corrected chi connectivity index (χ3v) is 21.8. The number of benzene rings is 6. The molecule has 2 saturated heterocycles. The number of rotatable bonds is 19. The fourth-order valence-electron chi connectivity index (χ4n) is 14.6. The topological polar surface area (TPSA) is 571 Å². The molecule has 11 bridgehead atoms. The third kappa shape index (κ3) is 20.1. The molecule has 14 rings (SSSR count). The van der Waals surface area contributed by atoms with E-state index in [9.17, 15) is 75.1 Å². The fraction of sp³-hybridized carbons (Fsp3) is 0.358. The number of hydrogen-bond donors (Lipinski definition) is 21. The molecule has 40 heteroatoms. The summed E-state index contributed by atoms with van der Waals surface area (Å²) in [7, 11) is 1.47. The molecule has 18 unspecified atom stereocenters. The van der Waals surface area contributed by atoms with E-state index in [0.29, 0.717) is 21.8 Å². The number of amides is 9. The number of nitrogens with one attached hydrogen (secondary N) is 10. The second kappa shape index (κ2) is 37.7. The van der Waals surface area contributed by atoms with Gasteiger partial charge in [-0.3, -0.25) is 53.3 Å². The summed E-state index contributed by atoms with van der Waals surface area (Å²) in [6.07, 6.45) is -13.4. The zero-order valence-electron chi connectivity index (χ0n) is 64.9. The van der Waals surface area contributed by atoms with Gasteiger partial charge in [-0.1, -0.05) is 79.0 Å². The van der Waals surface area contributed by atoms with Crippen LogP contribution in [0.2, 0.25) is 15.1 Å². The second-order valence-electron chi connectivity index (χ2n) is 30.1. The van der Waals surface area contributed by atoms with Crippen molar-refractivity contribution >= 4 is 99.7 Å². The van der Waals surface area contributed by atoms with E-state index in [1.807, 2.05) is 13.8 Å². The van der Waals surface area contributed by atoms with Gasteiger partial charge in [0.05, 0.1) is 53.2 Å². The van der Waals surface area contributed by atoms with Crippen molar-refractivity contribution in [1.82, 2.24) is 53.0 Å². The number of halogens is 3. The number of ether oxygens (including phenoxy) is 6. The van der Waals surface area contributed by atoms with Crippen LogP contribution in [0.3, 0.4) is 0 Å². The lowest BCUT2D eigenvalue weighted by Gasteiger charge is -2.48. The summed E-state index contributed by atoms with van der Waals surface area (Å²) in [6.45, 7) is 5.79. The third-order valence-electron chi connectivity index (χ3n) is 20.9. The minimum atomic E-state index is -2.39. The zero-order valence-corrected chi connectivity index (χ0v) is 67.2. The van der Waals surface area contributed by atoms with Crippen LogP contribution in [-0.2, 0) is 63.9 Å². The predicted octanol–water partition coefficient (Wildman–Crippen LogP) is 3.06. The van der Waals surface area contributed by atoms with Crippen molar-refractivity contribution in [3.8, 4) is 57.1 Å². The highest BCUT2D eigenvalue weighted by molar-refractivity contribution is 6.32. The SMILES string of the molecule is CNC(CC(C)C)C(=O)NC1C(=O)NC(CC(N)=O)C(=O)NC2C(=O)NC3C(=O)NC(C(=O)NC(C(=O)NO)c4cc(O)cc(O)c4-c4cc3ccc4O)C(O)c3ccc(c(Cl)c3)Oc3cc2cc(c3OC2OC(CO)C(O)C(O)C2OC2CC(C)(NCc3cncc(NC(=O)C=Cc4ccc(Cl)cc4)c3)C(O)C(C)O2)Oc2ccc(cc2Cl)C1O. The molecule has 1 aromatic heterocycles. The number of hydrogen-bond acceptors (Lipinski definition) is 28. The molecule has 0 spiro atoms. The first-order chi connectivity index (χ1) is 57.5. The molecule has 0 saturated carbocycles. The lowest BCUT2D eigenvalue weighted by molar-refractivity contribution is -0.334. The van der Waals surface area contributed by atoms with Crippen molar-refractivity contribution in [1.29, 1.82) is 0 Å². The number of anilines is 1. The van der Waals surface area contributed by atoms with Crippen LogP contribution in [0, 0.1) is 5.92 Å². The summed E-state index contributed by atoms with van der Waals surface area (Å²) >= 11 is 20.3. The number of carbonyl (C=O) groups excluding carboxylic acids is 9. The van der Waals surface area contributed by atoms with E-state index >= 15 is 19.2 Å². The molecule has 8 heterocycles. The lowest BCUT2D eigenvalue weighted by Crippen LogP contribution is -2.65. The molecular weight excluding hydrogens is 1650 g/mol. The van der Waals surface area contributed by atoms with Crippen LogP contribution < -0.4 is 73.3 Å². The summed E-state index contributed by atoms with van der Waals surface area (Å²) < 4.78 is 39.4. The van der Waals surface area contributed by atoms with Gasteiger partial charge in [0.25, 0.3) is 5.91 Å². The van der Waals surface area contributed by atoms with Crippen molar-refractivity contribution in [2.75, 3.05) is 19.0 Å². The zero-order chi connectivity index (χ0) is 87.3. The number of carbonyl (C=O) groups is 9. The van der Waals surface area contributed by atoms with Gasteiger partial charge in [-0.25, -0.2) is 5.48 Å². The molecule has 37 nitrogen and oxygen atoms in total. The first-order valence-corrected chi connectivity index (χ1v) is 39.0. The standard InChI is InChI=1S/C81H87Cl3N12O25/c1-33(2)18-48(86-5)73(108)94-64-66(103)38-10-15-52(46(83)21-38)117-54-23-40-24-55(70(54)121-80-71(69(106)68(105)56(32-97)119-80)120-59-28-81(4,72(107)34(3)116-59)88-30-36-19-42(31-87-29-36)89-58(102)17-8-35-6-12-41(82)13-7-35)118-53-16-11-39(22-47(53)84)67(104)65-78(113)93-63(79(114)96-115)45-25-43(98)26-51(100)60(45)44-20-37(9-14-50(44)99)61(75(110)95-65)92-76(111)62(40)91-74(109)49(27-57(85)101)90-77(64)112/h6-17,19-26,29,31,33-34,48-49,56,59,61-69,71-72,80,86,88,97-100,103-107,115H,18,27-28,30,32H2,1-5H3,(H2,85,101)(H,89,102)(H,90,112)(H,91,109)(H,92,111)(H,93,113)(H,94,108)(H,95,110)(H,96,114). The molecule has 121 heavy (non-hydrogen) atoms. The molecule has 0 aliphatic carbocycles. The number of primary amides is 1. The maximum Gasteiger partial charge on any atom is 0.270 e. The number of fused-ring (bicyclic) bond motifs is 15. The minimum Gasteiger partial charge on any atom is -0.508 e. The molecule has 7 aliphatic heterocycles. The Morgan fingerprint density at radius 2 is 1.36 bits per heavy atom. The van der Waals surface area contributed by atoms with Gasteiger partial charge in [0.15, 0.2) is 23.9 Å². The average molecular weight is 1740 g/mol. The number of phenols is 3. The molecule has 22 N–H and O–H groups in total. The molecule has 7 aromatic rings. The van der Waals surface area contributed by atoms with Gasteiger partial charge in [0, 0.05) is 53.0 Å². The van der Waals surface area contributed by atoms with Crippen LogP contribution in [0.1, 0.15) is 116 Å². The molecule has 7 aliphatic rings. The Kier molecular flexibility index (Phi) is 27.7.